The van der Waals surface area contributed by atoms with E-state index >= 15 is 0 Å². The minimum atomic E-state index is -4.40. The SMILES string of the molecule is CNC(=O)[C@H](CCCCN)Nc1cccc(C(F)(F)F)c1. The van der Waals surface area contributed by atoms with E-state index in [2.05, 4.69) is 10.6 Å². The van der Waals surface area contributed by atoms with Gasteiger partial charge in [0.1, 0.15) is 6.04 Å². The third-order valence-corrected chi connectivity index (χ3v) is 3.04. The van der Waals surface area contributed by atoms with Crippen LogP contribution in [0.25, 0.3) is 0 Å². The van der Waals surface area contributed by atoms with E-state index < -0.39 is 17.8 Å². The monoisotopic (exact) mass is 303 g/mol. The molecule has 0 aliphatic carbocycles. The number of carbonyl (C=O) groups excluding carboxylic acids is 1. The van der Waals surface area contributed by atoms with Crippen LogP contribution in [0.1, 0.15) is 24.8 Å². The highest BCUT2D eigenvalue weighted by Crippen LogP contribution is 2.30. The Morgan fingerprint density at radius 2 is 2.05 bits per heavy atom. The van der Waals surface area contributed by atoms with E-state index in [0.717, 1.165) is 25.0 Å². The number of alkyl halides is 3. The fourth-order valence-corrected chi connectivity index (χ4v) is 1.92. The van der Waals surface area contributed by atoms with E-state index in [1.807, 2.05) is 0 Å². The second-order valence-corrected chi connectivity index (χ2v) is 4.67. The Labute approximate surface area is 121 Å². The molecule has 0 aliphatic rings. The Morgan fingerprint density at radius 3 is 2.62 bits per heavy atom. The van der Waals surface area contributed by atoms with Crippen molar-refractivity contribution < 1.29 is 18.0 Å². The van der Waals surface area contributed by atoms with Crippen molar-refractivity contribution in [1.82, 2.24) is 5.32 Å². The van der Waals surface area contributed by atoms with Gasteiger partial charge in [0.05, 0.1) is 5.56 Å². The first-order chi connectivity index (χ1) is 9.88. The smallest absolute Gasteiger partial charge is 0.374 e. The van der Waals surface area contributed by atoms with Gasteiger partial charge in [0.15, 0.2) is 0 Å². The standard InChI is InChI=1S/C14H20F3N3O/c1-19-13(21)12(7-2-3-8-18)20-11-6-4-5-10(9-11)14(15,16)17/h4-6,9,12,20H,2-3,7-8,18H2,1H3,(H,19,21)/t12-/m0/s1. The number of carbonyl (C=O) groups is 1. The molecule has 4 nitrogen and oxygen atoms in total. The number of hydrogen-bond donors (Lipinski definition) is 3. The Hall–Kier alpha value is -1.76. The minimum absolute atomic E-state index is 0.260. The van der Waals surface area contributed by atoms with E-state index in [4.69, 9.17) is 5.73 Å². The number of nitrogens with two attached hydrogens (primary N) is 1. The van der Waals surface area contributed by atoms with Crippen LogP contribution in [-0.4, -0.2) is 25.5 Å². The first kappa shape index (κ1) is 17.3. The van der Waals surface area contributed by atoms with Crippen molar-refractivity contribution in [2.24, 2.45) is 5.73 Å². The number of nitrogens with one attached hydrogen (secondary N) is 2. The van der Waals surface area contributed by atoms with Crippen molar-refractivity contribution >= 4 is 11.6 Å². The highest BCUT2D eigenvalue weighted by molar-refractivity contribution is 5.84. The van der Waals surface area contributed by atoms with Gasteiger partial charge < -0.3 is 16.4 Å². The van der Waals surface area contributed by atoms with Gasteiger partial charge in [0.25, 0.3) is 0 Å². The van der Waals surface area contributed by atoms with Crippen molar-refractivity contribution in [1.29, 1.82) is 0 Å². The fourth-order valence-electron chi connectivity index (χ4n) is 1.92. The molecule has 1 atom stereocenters. The zero-order valence-corrected chi connectivity index (χ0v) is 11.8. The first-order valence-electron chi connectivity index (χ1n) is 6.74. The molecule has 4 N–H and O–H groups in total. The van der Waals surface area contributed by atoms with Crippen molar-refractivity contribution in [3.63, 3.8) is 0 Å². The predicted octanol–water partition coefficient (Wildman–Crippen LogP) is 2.36. The molecule has 1 rings (SSSR count). The lowest BCUT2D eigenvalue weighted by atomic mass is 10.1. The summed E-state index contributed by atoms with van der Waals surface area (Å²) in [6.07, 6.45) is -2.41. The number of rotatable bonds is 7. The Morgan fingerprint density at radius 1 is 1.33 bits per heavy atom. The highest BCUT2D eigenvalue weighted by atomic mass is 19.4. The Bertz CT molecular complexity index is 463. The molecular weight excluding hydrogens is 283 g/mol. The van der Waals surface area contributed by atoms with Crippen LogP contribution < -0.4 is 16.4 Å². The summed E-state index contributed by atoms with van der Waals surface area (Å²) in [6.45, 7) is 0.518. The zero-order valence-electron chi connectivity index (χ0n) is 11.8. The van der Waals surface area contributed by atoms with Gasteiger partial charge in [0.2, 0.25) is 5.91 Å². The summed E-state index contributed by atoms with van der Waals surface area (Å²) in [5.41, 5.74) is 4.92. The van der Waals surface area contributed by atoms with E-state index in [-0.39, 0.29) is 11.6 Å². The lowest BCUT2D eigenvalue weighted by Gasteiger charge is -2.19. The normalized spacial score (nSPS) is 12.8. The molecule has 1 aromatic rings. The highest BCUT2D eigenvalue weighted by Gasteiger charge is 2.30. The van der Waals surface area contributed by atoms with Gasteiger partial charge in [-0.25, -0.2) is 0 Å². The maximum atomic E-state index is 12.7. The summed E-state index contributed by atoms with van der Waals surface area (Å²) in [6, 6.07) is 4.23. The summed E-state index contributed by atoms with van der Waals surface area (Å²) in [5.74, 6) is -0.260. The van der Waals surface area contributed by atoms with E-state index in [0.29, 0.717) is 13.0 Å². The molecule has 1 aromatic carbocycles. The summed E-state index contributed by atoms with van der Waals surface area (Å²) >= 11 is 0. The second-order valence-electron chi connectivity index (χ2n) is 4.67. The number of unbranched alkanes of at least 4 members (excludes halogenated alkanes) is 1. The maximum Gasteiger partial charge on any atom is 0.416 e. The molecule has 0 aromatic heterocycles. The van der Waals surface area contributed by atoms with Crippen molar-refractivity contribution in [2.45, 2.75) is 31.5 Å². The van der Waals surface area contributed by atoms with E-state index in [1.165, 1.54) is 19.2 Å². The molecule has 0 aliphatic heterocycles. The van der Waals surface area contributed by atoms with Crippen LogP contribution in [0.5, 0.6) is 0 Å². The van der Waals surface area contributed by atoms with E-state index in [1.54, 1.807) is 0 Å². The van der Waals surface area contributed by atoms with Gasteiger partial charge in [0, 0.05) is 12.7 Å². The molecule has 21 heavy (non-hydrogen) atoms. The van der Waals surface area contributed by atoms with E-state index in [9.17, 15) is 18.0 Å². The number of anilines is 1. The Kier molecular flexibility index (Phi) is 6.48. The maximum absolute atomic E-state index is 12.7. The topological polar surface area (TPSA) is 67.2 Å². The average Bonchev–Trinajstić information content (AvgIpc) is 2.45. The molecule has 0 fully saturated rings. The van der Waals surface area contributed by atoms with Gasteiger partial charge in [-0.2, -0.15) is 13.2 Å². The third-order valence-electron chi connectivity index (χ3n) is 3.04. The summed E-state index contributed by atoms with van der Waals surface area (Å²) in [7, 11) is 1.49. The summed E-state index contributed by atoms with van der Waals surface area (Å²) < 4.78 is 38.0. The molecule has 0 saturated carbocycles. The quantitative estimate of drug-likeness (QED) is 0.677. The lowest BCUT2D eigenvalue weighted by Crippen LogP contribution is -2.37. The molecule has 0 spiro atoms. The van der Waals surface area contributed by atoms with Crippen LogP contribution in [0.3, 0.4) is 0 Å². The van der Waals surface area contributed by atoms with Crippen LogP contribution in [-0.2, 0) is 11.0 Å². The number of halogens is 3. The molecule has 0 radical (unpaired) electrons. The summed E-state index contributed by atoms with van der Waals surface area (Å²) in [5, 5.41) is 5.35. The zero-order chi connectivity index (χ0) is 15.9. The molecule has 7 heteroatoms. The van der Waals surface area contributed by atoms with Crippen molar-refractivity contribution in [2.75, 3.05) is 18.9 Å². The number of likely N-dealkylation sites (N-methyl/N-ethyl adjacent to an activating group) is 1. The lowest BCUT2D eigenvalue weighted by molar-refractivity contribution is -0.137. The van der Waals surface area contributed by atoms with Gasteiger partial charge in [-0.3, -0.25) is 4.79 Å². The van der Waals surface area contributed by atoms with Crippen molar-refractivity contribution in [3.05, 3.63) is 29.8 Å². The van der Waals surface area contributed by atoms with Crippen LogP contribution >= 0.6 is 0 Å². The van der Waals surface area contributed by atoms with Gasteiger partial charge in [-0.15, -0.1) is 0 Å². The van der Waals surface area contributed by atoms with Crippen LogP contribution in [0.4, 0.5) is 18.9 Å². The van der Waals surface area contributed by atoms with Crippen LogP contribution in [0, 0.1) is 0 Å². The fraction of sp³-hybridized carbons (Fsp3) is 0.500. The van der Waals surface area contributed by atoms with Crippen LogP contribution in [0.15, 0.2) is 24.3 Å². The Balaban J connectivity index is 2.80. The predicted molar refractivity (Wildman–Crippen MR) is 75.8 cm³/mol. The summed E-state index contributed by atoms with van der Waals surface area (Å²) in [4.78, 5) is 11.8. The van der Waals surface area contributed by atoms with Gasteiger partial charge >= 0.3 is 6.18 Å². The third kappa shape index (κ3) is 5.63. The first-order valence-corrected chi connectivity index (χ1v) is 6.74. The average molecular weight is 303 g/mol. The largest absolute Gasteiger partial charge is 0.416 e. The molecule has 1 amide bonds. The van der Waals surface area contributed by atoms with Gasteiger partial charge in [-0.1, -0.05) is 6.07 Å². The molecule has 0 bridgehead atoms. The minimum Gasteiger partial charge on any atom is -0.374 e. The number of hydrogen-bond acceptors (Lipinski definition) is 3. The molecule has 118 valence electrons. The van der Waals surface area contributed by atoms with Gasteiger partial charge in [-0.05, 0) is 44.0 Å². The molecule has 0 unspecified atom stereocenters. The van der Waals surface area contributed by atoms with Crippen molar-refractivity contribution in [3.8, 4) is 0 Å². The number of benzene rings is 1. The molecule has 0 heterocycles. The molecular formula is C14H20F3N3O. The molecule has 0 saturated heterocycles. The van der Waals surface area contributed by atoms with Crippen LogP contribution in [0.2, 0.25) is 0 Å². The number of amides is 1. The second kappa shape index (κ2) is 7.87.